The predicted molar refractivity (Wildman–Crippen MR) is 138 cm³/mol. The lowest BCUT2D eigenvalue weighted by molar-refractivity contribution is -0.149. The highest BCUT2D eigenvalue weighted by molar-refractivity contribution is 8.13. The molecule has 1 amide bonds. The number of carbonyl (C=O) groups excluding carboxylic acids is 4. The molecule has 2 rings (SSSR count). The van der Waals surface area contributed by atoms with Crippen molar-refractivity contribution in [2.24, 2.45) is 5.92 Å². The Bertz CT molecular complexity index is 977. The Kier molecular flexibility index (Phi) is 11.6. The minimum absolute atomic E-state index is 0.0179. The Morgan fingerprint density at radius 2 is 1.83 bits per heavy atom. The summed E-state index contributed by atoms with van der Waals surface area (Å²) in [6, 6.07) is 2.99. The summed E-state index contributed by atoms with van der Waals surface area (Å²) in [6.45, 7) is 6.90. The van der Waals surface area contributed by atoms with Crippen molar-refractivity contribution >= 4 is 57.7 Å². The van der Waals surface area contributed by atoms with Gasteiger partial charge in [0.1, 0.15) is 17.3 Å². The van der Waals surface area contributed by atoms with Gasteiger partial charge in [-0.25, -0.2) is 0 Å². The molecule has 192 valence electrons. The lowest BCUT2D eigenvalue weighted by Gasteiger charge is -2.30. The second kappa shape index (κ2) is 13.9. The molecule has 0 radical (unpaired) electrons. The number of rotatable bonds is 12. The smallest absolute Gasteiger partial charge is 0.325 e. The molecular weight excluding hydrogens is 513 g/mol. The number of esters is 1. The fraction of sp³-hybridized carbons (Fsp3) is 0.520. The van der Waals surface area contributed by atoms with Crippen molar-refractivity contribution in [3.05, 3.63) is 39.9 Å². The molecule has 0 saturated heterocycles. The standard InChI is InChI=1S/C25H31Cl2NO6S/c1-5-15(2)24(31)18-10-11-19(23(27)22(18)26)34-13-21(30)35-14-16(3)25(32)28(12-20(29)33-4)17-8-6-7-9-17/h10-11,16-17H,2,5-9,12-14H2,1,3-4H3. The quantitative estimate of drug-likeness (QED) is 0.199. The van der Waals surface area contributed by atoms with Gasteiger partial charge in [-0.2, -0.15) is 0 Å². The van der Waals surface area contributed by atoms with E-state index in [2.05, 4.69) is 6.58 Å². The van der Waals surface area contributed by atoms with Crippen molar-refractivity contribution < 1.29 is 28.7 Å². The van der Waals surface area contributed by atoms with Crippen LogP contribution in [0.25, 0.3) is 0 Å². The number of carbonyl (C=O) groups is 4. The first-order chi connectivity index (χ1) is 16.6. The number of hydrogen-bond donors (Lipinski definition) is 0. The van der Waals surface area contributed by atoms with Crippen LogP contribution in [0.5, 0.6) is 5.75 Å². The number of halogens is 2. The average molecular weight is 544 g/mol. The molecule has 1 aromatic rings. The average Bonchev–Trinajstić information content (AvgIpc) is 3.39. The fourth-order valence-corrected chi connectivity index (χ4v) is 4.91. The highest BCUT2D eigenvalue weighted by atomic mass is 35.5. The number of ether oxygens (including phenoxy) is 2. The summed E-state index contributed by atoms with van der Waals surface area (Å²) in [5.41, 5.74) is 0.632. The van der Waals surface area contributed by atoms with Crippen molar-refractivity contribution in [1.82, 2.24) is 4.90 Å². The summed E-state index contributed by atoms with van der Waals surface area (Å²) in [5.74, 6) is -0.978. The van der Waals surface area contributed by atoms with Gasteiger partial charge in [0.15, 0.2) is 12.4 Å². The number of hydrogen-bond acceptors (Lipinski definition) is 7. The van der Waals surface area contributed by atoms with E-state index in [0.717, 1.165) is 37.4 Å². The third-order valence-electron chi connectivity index (χ3n) is 5.88. The lowest BCUT2D eigenvalue weighted by Crippen LogP contribution is -2.45. The number of Topliss-reactive ketones (excluding diaryl/α,β-unsaturated/α-hetero) is 1. The number of nitrogens with zero attached hydrogens (tertiary/aromatic N) is 1. The predicted octanol–water partition coefficient (Wildman–Crippen LogP) is 5.36. The molecule has 0 N–H and O–H groups in total. The van der Waals surface area contributed by atoms with Crippen molar-refractivity contribution in [3.8, 4) is 5.75 Å². The van der Waals surface area contributed by atoms with E-state index in [1.165, 1.54) is 19.2 Å². The number of amides is 1. The van der Waals surface area contributed by atoms with Gasteiger partial charge in [-0.05, 0) is 37.0 Å². The molecule has 1 aromatic carbocycles. The summed E-state index contributed by atoms with van der Waals surface area (Å²) in [5, 5.41) is -0.213. The van der Waals surface area contributed by atoms with E-state index in [-0.39, 0.29) is 63.1 Å². The van der Waals surface area contributed by atoms with Gasteiger partial charge in [-0.1, -0.05) is 68.2 Å². The second-order valence-electron chi connectivity index (χ2n) is 8.38. The van der Waals surface area contributed by atoms with Gasteiger partial charge in [0, 0.05) is 23.3 Å². The topological polar surface area (TPSA) is 90.0 Å². The van der Waals surface area contributed by atoms with Crippen LogP contribution in [0.3, 0.4) is 0 Å². The van der Waals surface area contributed by atoms with Gasteiger partial charge in [-0.3, -0.25) is 19.2 Å². The summed E-state index contributed by atoms with van der Waals surface area (Å²) in [6.07, 6.45) is 4.23. The molecule has 0 bridgehead atoms. The number of ketones is 1. The first-order valence-corrected chi connectivity index (χ1v) is 13.2. The van der Waals surface area contributed by atoms with Crippen molar-refractivity contribution in [1.29, 1.82) is 0 Å². The van der Waals surface area contributed by atoms with E-state index in [1.54, 1.807) is 11.8 Å². The molecule has 1 aliphatic rings. The van der Waals surface area contributed by atoms with E-state index in [4.69, 9.17) is 32.7 Å². The van der Waals surface area contributed by atoms with E-state index in [9.17, 15) is 19.2 Å². The highest BCUT2D eigenvalue weighted by Crippen LogP contribution is 2.36. The van der Waals surface area contributed by atoms with Crippen molar-refractivity contribution in [2.45, 2.75) is 52.0 Å². The van der Waals surface area contributed by atoms with Gasteiger partial charge in [0.2, 0.25) is 11.0 Å². The fourth-order valence-electron chi connectivity index (χ4n) is 3.73. The molecule has 1 fully saturated rings. The Hall–Kier alpha value is -2.03. The van der Waals surface area contributed by atoms with E-state index < -0.39 is 11.9 Å². The molecule has 7 nitrogen and oxygen atoms in total. The first-order valence-electron chi connectivity index (χ1n) is 11.5. The number of thioether (sulfide) groups is 1. The van der Waals surface area contributed by atoms with Crippen molar-refractivity contribution in [2.75, 3.05) is 26.0 Å². The second-order valence-corrected chi connectivity index (χ2v) is 10.2. The summed E-state index contributed by atoms with van der Waals surface area (Å²) in [7, 11) is 1.30. The van der Waals surface area contributed by atoms with Gasteiger partial charge < -0.3 is 14.4 Å². The maximum atomic E-state index is 13.0. The Labute approximate surface area is 220 Å². The summed E-state index contributed by atoms with van der Waals surface area (Å²) in [4.78, 5) is 51.1. The zero-order valence-electron chi connectivity index (χ0n) is 20.2. The van der Waals surface area contributed by atoms with Crippen LogP contribution < -0.4 is 4.74 Å². The van der Waals surface area contributed by atoms with Crippen LogP contribution in [-0.2, 0) is 19.1 Å². The minimum atomic E-state index is -0.468. The van der Waals surface area contributed by atoms with Gasteiger partial charge >= 0.3 is 5.97 Å². The van der Waals surface area contributed by atoms with Gasteiger partial charge in [0.25, 0.3) is 0 Å². The molecule has 0 heterocycles. The highest BCUT2D eigenvalue weighted by Gasteiger charge is 2.31. The largest absolute Gasteiger partial charge is 0.483 e. The third kappa shape index (κ3) is 7.98. The van der Waals surface area contributed by atoms with Crippen LogP contribution in [0.2, 0.25) is 10.0 Å². The maximum absolute atomic E-state index is 13.0. The van der Waals surface area contributed by atoms with E-state index in [1.807, 2.05) is 6.92 Å². The molecule has 1 saturated carbocycles. The Morgan fingerprint density at radius 3 is 2.43 bits per heavy atom. The molecule has 1 aliphatic carbocycles. The minimum Gasteiger partial charge on any atom is -0.483 e. The molecular formula is C25H31Cl2NO6S. The normalized spacial score (nSPS) is 14.3. The summed E-state index contributed by atoms with van der Waals surface area (Å²) < 4.78 is 10.3. The zero-order valence-corrected chi connectivity index (χ0v) is 22.6. The Balaban J connectivity index is 1.92. The molecule has 0 spiro atoms. The van der Waals surface area contributed by atoms with Crippen LogP contribution in [0.1, 0.15) is 56.3 Å². The zero-order chi connectivity index (χ0) is 26.1. The maximum Gasteiger partial charge on any atom is 0.325 e. The summed E-state index contributed by atoms with van der Waals surface area (Å²) >= 11 is 13.5. The molecule has 10 heteroatoms. The van der Waals surface area contributed by atoms with Crippen molar-refractivity contribution in [3.63, 3.8) is 0 Å². The monoisotopic (exact) mass is 543 g/mol. The van der Waals surface area contributed by atoms with E-state index in [0.29, 0.717) is 12.0 Å². The van der Waals surface area contributed by atoms with Crippen LogP contribution in [0.4, 0.5) is 0 Å². The van der Waals surface area contributed by atoms with Crippen LogP contribution in [0.15, 0.2) is 24.3 Å². The van der Waals surface area contributed by atoms with Crippen LogP contribution in [-0.4, -0.2) is 59.7 Å². The van der Waals surface area contributed by atoms with Gasteiger partial charge in [-0.15, -0.1) is 0 Å². The molecule has 0 aliphatic heterocycles. The number of methoxy groups -OCH3 is 1. The third-order valence-corrected chi connectivity index (χ3v) is 7.85. The molecule has 0 aromatic heterocycles. The Morgan fingerprint density at radius 1 is 1.17 bits per heavy atom. The molecule has 1 atom stereocenters. The number of allylic oxidation sites excluding steroid dienone is 1. The molecule has 35 heavy (non-hydrogen) atoms. The van der Waals surface area contributed by atoms with Crippen LogP contribution >= 0.6 is 35.0 Å². The van der Waals surface area contributed by atoms with Gasteiger partial charge in [0.05, 0.1) is 12.1 Å². The lowest BCUT2D eigenvalue weighted by atomic mass is 10.0. The SMILES string of the molecule is C=C(CC)C(=O)c1ccc(OCC(=O)SCC(C)C(=O)N(CC(=O)OC)C2CCCC2)c(Cl)c1Cl. The van der Waals surface area contributed by atoms with E-state index >= 15 is 0 Å². The number of benzene rings is 1. The molecule has 1 unspecified atom stereocenters. The van der Waals surface area contributed by atoms with Crippen LogP contribution in [0, 0.1) is 5.92 Å². The first kappa shape index (κ1) is 29.2.